The Morgan fingerprint density at radius 2 is 1.97 bits per heavy atom. The second-order valence-electron chi connectivity index (χ2n) is 6.93. The molecule has 1 saturated heterocycles. The molecule has 9 heteroatoms. The first-order valence-corrected chi connectivity index (χ1v) is 11.5. The van der Waals surface area contributed by atoms with Gasteiger partial charge in [-0.2, -0.15) is 0 Å². The van der Waals surface area contributed by atoms with Crippen LogP contribution in [0.3, 0.4) is 0 Å². The van der Waals surface area contributed by atoms with Crippen LogP contribution in [0, 0.1) is 0 Å². The van der Waals surface area contributed by atoms with Crippen molar-refractivity contribution in [2.45, 2.75) is 30.2 Å². The maximum Gasteiger partial charge on any atom is 0.242 e. The molecule has 1 amide bonds. The molecular formula is C21H25ClN2O5S. The summed E-state index contributed by atoms with van der Waals surface area (Å²) in [6, 6.07) is 11.6. The Morgan fingerprint density at radius 1 is 1.20 bits per heavy atom. The zero-order valence-electron chi connectivity index (χ0n) is 16.9. The number of rotatable bonds is 8. The van der Waals surface area contributed by atoms with Gasteiger partial charge in [0.05, 0.1) is 25.3 Å². The van der Waals surface area contributed by atoms with Gasteiger partial charge < -0.3 is 14.4 Å². The number of ether oxygens (including phenoxy) is 2. The minimum Gasteiger partial charge on any atom is -0.497 e. The smallest absolute Gasteiger partial charge is 0.242 e. The summed E-state index contributed by atoms with van der Waals surface area (Å²) in [5.74, 6) is 1.23. The van der Waals surface area contributed by atoms with Gasteiger partial charge in [0.25, 0.3) is 0 Å². The lowest BCUT2D eigenvalue weighted by atomic mass is 10.0. The maximum atomic E-state index is 12.8. The van der Waals surface area contributed by atoms with Crippen molar-refractivity contribution in [3.05, 3.63) is 53.1 Å². The lowest BCUT2D eigenvalue weighted by molar-refractivity contribution is -0.132. The Morgan fingerprint density at radius 3 is 2.67 bits per heavy atom. The fourth-order valence-electron chi connectivity index (χ4n) is 3.66. The fourth-order valence-corrected chi connectivity index (χ4v) is 5.21. The van der Waals surface area contributed by atoms with Crippen LogP contribution in [0.25, 0.3) is 0 Å². The minimum atomic E-state index is -3.78. The molecule has 2 aromatic rings. The second kappa shape index (κ2) is 9.68. The highest BCUT2D eigenvalue weighted by Crippen LogP contribution is 2.38. The summed E-state index contributed by atoms with van der Waals surface area (Å²) < 4.78 is 38.1. The number of nitrogens with zero attached hydrogens (tertiary/aromatic N) is 1. The van der Waals surface area contributed by atoms with Crippen LogP contribution in [0.2, 0.25) is 5.02 Å². The molecule has 1 unspecified atom stereocenters. The van der Waals surface area contributed by atoms with Crippen molar-refractivity contribution in [3.8, 4) is 11.5 Å². The maximum absolute atomic E-state index is 12.8. The monoisotopic (exact) mass is 452 g/mol. The number of hydrogen-bond donors (Lipinski definition) is 1. The normalized spacial score (nSPS) is 16.5. The summed E-state index contributed by atoms with van der Waals surface area (Å²) in [4.78, 5) is 14.6. The molecule has 162 valence electrons. The van der Waals surface area contributed by atoms with E-state index in [2.05, 4.69) is 4.72 Å². The molecular weight excluding hydrogens is 428 g/mol. The standard InChI is InChI=1S/C21H25ClN2O5S/c1-28-15-9-10-16(19(14-15)29-2)18-7-5-13-24(18)21(25)11-12-23-30(26,27)20-8-4-3-6-17(20)22/h3-4,6,8-10,14,18,23H,5,7,11-13H2,1-2H3. The number of carbonyl (C=O) groups excluding carboxylic acids is 1. The van der Waals surface area contributed by atoms with Gasteiger partial charge in [0.15, 0.2) is 0 Å². The van der Waals surface area contributed by atoms with Crippen molar-refractivity contribution < 1.29 is 22.7 Å². The largest absolute Gasteiger partial charge is 0.497 e. The van der Waals surface area contributed by atoms with E-state index in [4.69, 9.17) is 21.1 Å². The Hall–Kier alpha value is -2.29. The molecule has 0 aliphatic carbocycles. The number of halogens is 1. The molecule has 7 nitrogen and oxygen atoms in total. The number of carbonyl (C=O) groups is 1. The average molecular weight is 453 g/mol. The molecule has 0 spiro atoms. The van der Waals surface area contributed by atoms with Gasteiger partial charge in [-0.25, -0.2) is 13.1 Å². The number of nitrogens with one attached hydrogen (secondary N) is 1. The van der Waals surface area contributed by atoms with E-state index >= 15 is 0 Å². The van der Waals surface area contributed by atoms with E-state index in [0.29, 0.717) is 18.0 Å². The Labute approximate surface area is 182 Å². The van der Waals surface area contributed by atoms with Gasteiger partial charge in [-0.05, 0) is 37.1 Å². The molecule has 30 heavy (non-hydrogen) atoms. The average Bonchev–Trinajstić information content (AvgIpc) is 3.23. The SMILES string of the molecule is COc1ccc(C2CCCN2C(=O)CCNS(=O)(=O)c2ccccc2Cl)c(OC)c1. The molecule has 0 aromatic heterocycles. The highest BCUT2D eigenvalue weighted by atomic mass is 35.5. The first kappa shape index (κ1) is 22.4. The molecule has 0 radical (unpaired) electrons. The predicted molar refractivity (Wildman–Crippen MR) is 114 cm³/mol. The van der Waals surface area contributed by atoms with Crippen LogP contribution in [0.4, 0.5) is 0 Å². The van der Waals surface area contributed by atoms with Gasteiger partial charge in [-0.3, -0.25) is 4.79 Å². The number of sulfonamides is 1. The molecule has 1 aliphatic rings. The van der Waals surface area contributed by atoms with E-state index in [9.17, 15) is 13.2 Å². The number of likely N-dealkylation sites (tertiary alicyclic amines) is 1. The van der Waals surface area contributed by atoms with Crippen molar-refractivity contribution in [1.29, 1.82) is 0 Å². The number of benzene rings is 2. The van der Waals surface area contributed by atoms with E-state index < -0.39 is 10.0 Å². The number of amides is 1. The molecule has 0 bridgehead atoms. The van der Waals surface area contributed by atoms with Crippen molar-refractivity contribution in [1.82, 2.24) is 9.62 Å². The number of hydrogen-bond acceptors (Lipinski definition) is 5. The van der Waals surface area contributed by atoms with Gasteiger partial charge in [-0.15, -0.1) is 0 Å². The summed E-state index contributed by atoms with van der Waals surface area (Å²) in [6.45, 7) is 0.616. The molecule has 1 fully saturated rings. The van der Waals surface area contributed by atoms with Crippen LogP contribution in [-0.4, -0.2) is 46.5 Å². The lowest BCUT2D eigenvalue weighted by Gasteiger charge is -2.26. The van der Waals surface area contributed by atoms with Crippen molar-refractivity contribution >= 4 is 27.5 Å². The van der Waals surface area contributed by atoms with Crippen LogP contribution < -0.4 is 14.2 Å². The highest BCUT2D eigenvalue weighted by molar-refractivity contribution is 7.89. The quantitative estimate of drug-likeness (QED) is 0.663. The van der Waals surface area contributed by atoms with Crippen LogP contribution >= 0.6 is 11.6 Å². The third-order valence-electron chi connectivity index (χ3n) is 5.13. The van der Waals surface area contributed by atoms with E-state index in [1.165, 1.54) is 12.1 Å². The zero-order chi connectivity index (χ0) is 21.7. The lowest BCUT2D eigenvalue weighted by Crippen LogP contribution is -2.34. The first-order chi connectivity index (χ1) is 14.4. The summed E-state index contributed by atoms with van der Waals surface area (Å²) >= 11 is 5.98. The topological polar surface area (TPSA) is 84.9 Å². The van der Waals surface area contributed by atoms with Crippen LogP contribution in [-0.2, 0) is 14.8 Å². The minimum absolute atomic E-state index is 0.00105. The van der Waals surface area contributed by atoms with Gasteiger partial charge >= 0.3 is 0 Å². The first-order valence-electron chi connectivity index (χ1n) is 9.63. The second-order valence-corrected chi connectivity index (χ2v) is 9.07. The van der Waals surface area contributed by atoms with Crippen LogP contribution in [0.1, 0.15) is 30.9 Å². The third kappa shape index (κ3) is 4.88. The van der Waals surface area contributed by atoms with E-state index in [1.807, 2.05) is 12.1 Å². The van der Waals surface area contributed by atoms with Gasteiger partial charge in [0, 0.05) is 31.1 Å². The Balaban J connectivity index is 1.66. The van der Waals surface area contributed by atoms with Gasteiger partial charge in [0.2, 0.25) is 15.9 Å². The van der Waals surface area contributed by atoms with Gasteiger partial charge in [-0.1, -0.05) is 23.7 Å². The van der Waals surface area contributed by atoms with Crippen LogP contribution in [0.5, 0.6) is 11.5 Å². The molecule has 1 atom stereocenters. The highest BCUT2D eigenvalue weighted by Gasteiger charge is 2.32. The van der Waals surface area contributed by atoms with Crippen molar-refractivity contribution in [3.63, 3.8) is 0 Å². The van der Waals surface area contributed by atoms with E-state index in [-0.39, 0.29) is 34.8 Å². The van der Waals surface area contributed by atoms with Crippen molar-refractivity contribution in [2.75, 3.05) is 27.3 Å². The Bertz CT molecular complexity index is 1010. The Kier molecular flexibility index (Phi) is 7.23. The zero-order valence-corrected chi connectivity index (χ0v) is 18.5. The molecule has 3 rings (SSSR count). The predicted octanol–water partition coefficient (Wildman–Crippen LogP) is 3.39. The van der Waals surface area contributed by atoms with Gasteiger partial charge in [0.1, 0.15) is 16.4 Å². The fraction of sp³-hybridized carbons (Fsp3) is 0.381. The summed E-state index contributed by atoms with van der Waals surface area (Å²) in [5.41, 5.74) is 0.917. The molecule has 1 aliphatic heterocycles. The van der Waals surface area contributed by atoms with E-state index in [1.54, 1.807) is 37.3 Å². The summed E-state index contributed by atoms with van der Waals surface area (Å²) in [6.07, 6.45) is 1.75. The number of methoxy groups -OCH3 is 2. The molecule has 0 saturated carbocycles. The van der Waals surface area contributed by atoms with Crippen LogP contribution in [0.15, 0.2) is 47.4 Å². The summed E-state index contributed by atoms with van der Waals surface area (Å²) in [7, 11) is -0.608. The van der Waals surface area contributed by atoms with Crippen molar-refractivity contribution in [2.24, 2.45) is 0 Å². The molecule has 1 N–H and O–H groups in total. The molecule has 2 aromatic carbocycles. The molecule has 1 heterocycles. The summed E-state index contributed by atoms with van der Waals surface area (Å²) in [5, 5.41) is 0.141. The third-order valence-corrected chi connectivity index (χ3v) is 7.09. The van der Waals surface area contributed by atoms with E-state index in [0.717, 1.165) is 18.4 Å².